The lowest BCUT2D eigenvalue weighted by Crippen LogP contribution is -2.29. The van der Waals surface area contributed by atoms with Gasteiger partial charge in [0.2, 0.25) is 0 Å². The van der Waals surface area contributed by atoms with Crippen molar-refractivity contribution >= 4 is 46.3 Å². The second-order valence-electron chi connectivity index (χ2n) is 29.5. The molecule has 0 heterocycles. The van der Waals surface area contributed by atoms with Crippen molar-refractivity contribution in [3.8, 4) is 56.0 Å². The molecular formula is C105H70F4N2O2. The normalized spacial score (nSPS) is 16.0. The zero-order chi connectivity index (χ0) is 76.1. The largest absolute Gasteiger partial charge is 0.489 e. The van der Waals surface area contributed by atoms with E-state index in [1.54, 1.807) is 24.3 Å². The third-order valence-corrected chi connectivity index (χ3v) is 23.7. The van der Waals surface area contributed by atoms with Crippen molar-refractivity contribution < 1.29 is 27.0 Å². The van der Waals surface area contributed by atoms with Gasteiger partial charge in [0.25, 0.3) is 0 Å². The van der Waals surface area contributed by atoms with E-state index in [4.69, 9.17) is 9.47 Å². The molecule has 2 unspecified atom stereocenters. The predicted molar refractivity (Wildman–Crippen MR) is 448 cm³/mol. The topological polar surface area (TPSA) is 24.9 Å². The van der Waals surface area contributed by atoms with Crippen LogP contribution in [0.5, 0.6) is 11.5 Å². The van der Waals surface area contributed by atoms with Crippen LogP contribution in [0.2, 0.25) is 0 Å². The molecule has 0 fully saturated rings. The van der Waals surface area contributed by atoms with Crippen LogP contribution in [-0.2, 0) is 29.5 Å². The van der Waals surface area contributed by atoms with Crippen molar-refractivity contribution in [2.75, 3.05) is 9.80 Å². The Morgan fingerprint density at radius 3 is 0.823 bits per heavy atom. The fourth-order valence-corrected chi connectivity index (χ4v) is 18.7. The highest BCUT2D eigenvalue weighted by Crippen LogP contribution is 2.66. The maximum Gasteiger partial charge on any atom is 0.125 e. The summed E-state index contributed by atoms with van der Waals surface area (Å²) in [5.41, 5.74) is 25.8. The van der Waals surface area contributed by atoms with Gasteiger partial charge in [0.15, 0.2) is 0 Å². The molecule has 0 aromatic heterocycles. The molecule has 0 N–H and O–H groups in total. The Morgan fingerprint density at radius 1 is 0.239 bits per heavy atom. The van der Waals surface area contributed by atoms with Gasteiger partial charge in [-0.3, -0.25) is 0 Å². The van der Waals surface area contributed by atoms with E-state index >= 15 is 17.6 Å². The molecule has 540 valence electrons. The fourth-order valence-electron chi connectivity index (χ4n) is 18.7. The number of hydrogen-bond acceptors (Lipinski definition) is 4. The Labute approximate surface area is 654 Å². The summed E-state index contributed by atoms with van der Waals surface area (Å²) in [6.45, 7) is 8.57. The van der Waals surface area contributed by atoms with E-state index in [1.165, 1.54) is 36.4 Å². The van der Waals surface area contributed by atoms with Gasteiger partial charge in [-0.25, -0.2) is 17.6 Å². The van der Waals surface area contributed by atoms with Crippen LogP contribution in [0, 0.1) is 23.3 Å². The zero-order valence-electron chi connectivity index (χ0n) is 61.3. The quantitative estimate of drug-likeness (QED) is 0.0800. The zero-order valence-corrected chi connectivity index (χ0v) is 61.3. The van der Waals surface area contributed by atoms with Crippen molar-refractivity contribution in [1.29, 1.82) is 0 Å². The molecule has 0 amide bonds. The van der Waals surface area contributed by atoms with E-state index in [9.17, 15) is 0 Å². The lowest BCUT2D eigenvalue weighted by molar-refractivity contribution is 0.306. The Bertz CT molecular complexity index is 6080. The van der Waals surface area contributed by atoms with Crippen molar-refractivity contribution in [3.05, 3.63) is 489 Å². The number of hydrogen-bond donors (Lipinski definition) is 0. The first kappa shape index (κ1) is 68.2. The van der Waals surface area contributed by atoms with Gasteiger partial charge in [0.05, 0.1) is 16.2 Å². The minimum atomic E-state index is -0.973. The number of nitrogens with zero attached hydrogens (tertiary/aromatic N) is 2. The summed E-state index contributed by atoms with van der Waals surface area (Å²) >= 11 is 0. The first-order chi connectivity index (χ1) is 55.5. The van der Waals surface area contributed by atoms with Gasteiger partial charge in [-0.1, -0.05) is 256 Å². The molecular weight excluding hydrogens is 1400 g/mol. The first-order valence-electron chi connectivity index (χ1n) is 38.0. The summed E-state index contributed by atoms with van der Waals surface area (Å²) < 4.78 is 76.7. The third kappa shape index (κ3) is 10.9. The standard InChI is InChI=1S/C105H70F4N2O2/c1-3-67-27-31-69(32-28-67)65-112-85-51-39-73(40-52-85)103(71-35-43-75(106)44-36-71)95-23-9-5-19-87(95)91-55-47-81(61-99(91)103)110(79-17-13-15-77(108)59-79)83-49-57-93-89-21-7-11-25-97(89)105(101(93)63-83)98-26-12-8-22-90(98)94-58-50-84(64-102(94)105)111(80-18-14-16-78(109)60-80)82-48-56-92-88-20-6-10-24-96(88)104(100(92)62-82,72-37-45-76(107)46-38-72)74-41-53-86(54-42-74)113-66-70-33-29-68(4-2)30-34-70/h3-64H,1-2,65-66H2. The van der Waals surface area contributed by atoms with E-state index in [-0.39, 0.29) is 11.6 Å². The minimum Gasteiger partial charge on any atom is -0.489 e. The summed E-state index contributed by atoms with van der Waals surface area (Å²) in [6, 6.07) is 121. The van der Waals surface area contributed by atoms with E-state index in [2.05, 4.69) is 217 Å². The molecule has 20 rings (SSSR count). The maximum absolute atomic E-state index is 16.4. The van der Waals surface area contributed by atoms with Gasteiger partial charge in [-0.15, -0.1) is 0 Å². The Morgan fingerprint density at radius 2 is 0.513 bits per heavy atom. The Hall–Kier alpha value is -14.1. The lowest BCUT2D eigenvalue weighted by Gasteiger charge is -2.35. The number of benzene rings is 16. The highest BCUT2D eigenvalue weighted by atomic mass is 19.1. The number of fused-ring (bicyclic) bond motifs is 16. The van der Waals surface area contributed by atoms with Gasteiger partial charge in [-0.05, 0) is 267 Å². The van der Waals surface area contributed by atoms with Crippen LogP contribution in [0.1, 0.15) is 89.0 Å². The first-order valence-corrected chi connectivity index (χ1v) is 38.0. The van der Waals surface area contributed by atoms with Gasteiger partial charge >= 0.3 is 0 Å². The molecule has 4 aliphatic rings. The summed E-state index contributed by atoms with van der Waals surface area (Å²) in [5.74, 6) is -0.0908. The molecule has 113 heavy (non-hydrogen) atoms. The molecule has 4 nitrogen and oxygen atoms in total. The van der Waals surface area contributed by atoms with Gasteiger partial charge < -0.3 is 19.3 Å². The van der Waals surface area contributed by atoms with Crippen LogP contribution >= 0.6 is 0 Å². The highest BCUT2D eigenvalue weighted by molar-refractivity contribution is 5.99. The van der Waals surface area contributed by atoms with Gasteiger partial charge in [0, 0.05) is 34.1 Å². The summed E-state index contributed by atoms with van der Waals surface area (Å²) in [6.07, 6.45) is 3.65. The highest BCUT2D eigenvalue weighted by Gasteiger charge is 2.53. The Balaban J connectivity index is 0.751. The molecule has 16 aromatic rings. The van der Waals surface area contributed by atoms with Crippen LogP contribution in [0.25, 0.3) is 56.7 Å². The molecule has 4 aliphatic carbocycles. The Kier molecular flexibility index (Phi) is 16.4. The summed E-state index contributed by atoms with van der Waals surface area (Å²) in [5, 5.41) is 0. The lowest BCUT2D eigenvalue weighted by atomic mass is 9.67. The van der Waals surface area contributed by atoms with Gasteiger partial charge in [-0.2, -0.15) is 0 Å². The summed E-state index contributed by atoms with van der Waals surface area (Å²) in [7, 11) is 0. The SMILES string of the molecule is C=Cc1ccc(COc2ccc(C3(c4ccc(F)cc4)c4ccccc4-c4ccc(N(c5cccc(F)c5)c5ccc6c(c5)C5(c7ccccc7-6)c6ccccc6-c6ccc(N(c7cccc(F)c7)c7ccc8c(c7)C(c7ccc(F)cc7)(c7ccc(OCc9ccc(C=C)cc9)cc7)c7ccccc7-8)cc65)cc43)cc2)cc1. The molecule has 0 saturated carbocycles. The molecule has 1 spiro atoms. The maximum atomic E-state index is 16.4. The minimum absolute atomic E-state index is 0.347. The molecule has 16 aromatic carbocycles. The van der Waals surface area contributed by atoms with Crippen LogP contribution in [0.15, 0.2) is 377 Å². The number of rotatable bonds is 18. The molecule has 0 saturated heterocycles. The second kappa shape index (κ2) is 27.2. The van der Waals surface area contributed by atoms with Gasteiger partial charge in [0.1, 0.15) is 48.0 Å². The average molecular weight is 1470 g/mol. The molecule has 2 atom stereocenters. The smallest absolute Gasteiger partial charge is 0.125 e. The number of anilines is 6. The monoisotopic (exact) mass is 1470 g/mol. The predicted octanol–water partition coefficient (Wildman–Crippen LogP) is 26.7. The number of halogens is 4. The molecule has 0 bridgehead atoms. The molecule has 0 radical (unpaired) electrons. The van der Waals surface area contributed by atoms with E-state index in [0.29, 0.717) is 36.1 Å². The van der Waals surface area contributed by atoms with Crippen LogP contribution in [-0.4, -0.2) is 0 Å². The average Bonchev–Trinajstić information content (AvgIpc) is 1.51. The summed E-state index contributed by atoms with van der Waals surface area (Å²) in [4.78, 5) is 4.32. The van der Waals surface area contributed by atoms with Crippen LogP contribution in [0.3, 0.4) is 0 Å². The van der Waals surface area contributed by atoms with Crippen LogP contribution in [0.4, 0.5) is 51.7 Å². The van der Waals surface area contributed by atoms with Crippen molar-refractivity contribution in [3.63, 3.8) is 0 Å². The fraction of sp³-hybridized carbons (Fsp3) is 0.0476. The van der Waals surface area contributed by atoms with E-state index in [1.807, 2.05) is 121 Å². The van der Waals surface area contributed by atoms with E-state index in [0.717, 1.165) is 156 Å². The van der Waals surface area contributed by atoms with E-state index < -0.39 is 27.9 Å². The van der Waals surface area contributed by atoms with Crippen molar-refractivity contribution in [1.82, 2.24) is 0 Å². The number of ether oxygens (including phenoxy) is 2. The van der Waals surface area contributed by atoms with Crippen molar-refractivity contribution in [2.45, 2.75) is 29.5 Å². The molecule has 8 heteroatoms. The third-order valence-electron chi connectivity index (χ3n) is 23.7. The second-order valence-corrected chi connectivity index (χ2v) is 29.5. The molecule has 0 aliphatic heterocycles. The van der Waals surface area contributed by atoms with Crippen molar-refractivity contribution in [2.24, 2.45) is 0 Å². The van der Waals surface area contributed by atoms with Crippen LogP contribution < -0.4 is 19.3 Å².